The van der Waals surface area contributed by atoms with Crippen LogP contribution in [-0.4, -0.2) is 34.4 Å². The van der Waals surface area contributed by atoms with Crippen LogP contribution in [0.4, 0.5) is 4.79 Å². The summed E-state index contributed by atoms with van der Waals surface area (Å²) in [6.45, 7) is 4.05. The fraction of sp³-hybridized carbons (Fsp3) is 0.250. The van der Waals surface area contributed by atoms with Crippen molar-refractivity contribution < 1.29 is 14.4 Å². The summed E-state index contributed by atoms with van der Waals surface area (Å²) in [7, 11) is 0. The lowest BCUT2D eigenvalue weighted by Gasteiger charge is -2.13. The van der Waals surface area contributed by atoms with Crippen molar-refractivity contribution in [1.82, 2.24) is 20.7 Å². The molecule has 0 radical (unpaired) electrons. The summed E-state index contributed by atoms with van der Waals surface area (Å²) in [5, 5.41) is 5.36. The number of amides is 4. The Kier molecular flexibility index (Phi) is 4.30. The van der Waals surface area contributed by atoms with E-state index < -0.39 is 17.8 Å². The highest BCUT2D eigenvalue weighted by Gasteiger charge is 2.29. The topological polar surface area (TPSA) is 91.4 Å². The number of aromatic nitrogens is 1. The first-order chi connectivity index (χ1) is 11.4. The number of hydrazine groups is 1. The van der Waals surface area contributed by atoms with Gasteiger partial charge in [0.2, 0.25) is 5.91 Å². The average molecular weight is 344 g/mol. The molecule has 1 fully saturated rings. The Morgan fingerprint density at radius 1 is 1.29 bits per heavy atom. The maximum absolute atomic E-state index is 12.1. The monoisotopic (exact) mass is 344 g/mol. The van der Waals surface area contributed by atoms with Gasteiger partial charge in [-0.1, -0.05) is 38.1 Å². The fourth-order valence-electron chi connectivity index (χ4n) is 2.23. The molecule has 1 saturated heterocycles. The number of carbonyl (C=O) groups is 3. The number of hydrogen-bond acceptors (Lipinski definition) is 5. The molecule has 24 heavy (non-hydrogen) atoms. The van der Waals surface area contributed by atoms with Crippen LogP contribution in [0.3, 0.4) is 0 Å². The van der Waals surface area contributed by atoms with Gasteiger partial charge < -0.3 is 0 Å². The molecule has 1 aliphatic heterocycles. The van der Waals surface area contributed by atoms with Crippen LogP contribution in [0.25, 0.3) is 10.6 Å². The van der Waals surface area contributed by atoms with E-state index in [4.69, 9.17) is 0 Å². The van der Waals surface area contributed by atoms with Gasteiger partial charge in [0.15, 0.2) is 0 Å². The molecule has 2 aromatic rings. The van der Waals surface area contributed by atoms with Crippen LogP contribution in [-0.2, 0) is 4.79 Å². The molecule has 4 amide bonds. The van der Waals surface area contributed by atoms with E-state index in [9.17, 15) is 14.4 Å². The molecule has 0 spiro atoms. The van der Waals surface area contributed by atoms with Crippen molar-refractivity contribution in [1.29, 1.82) is 0 Å². The van der Waals surface area contributed by atoms with E-state index in [0.717, 1.165) is 15.6 Å². The van der Waals surface area contributed by atoms with Gasteiger partial charge in [-0.2, -0.15) is 0 Å². The second kappa shape index (κ2) is 6.40. The third kappa shape index (κ3) is 3.28. The largest absolute Gasteiger partial charge is 0.343 e. The minimum absolute atomic E-state index is 0.196. The lowest BCUT2D eigenvalue weighted by atomic mass is 10.0. The normalized spacial score (nSPS) is 14.2. The van der Waals surface area contributed by atoms with E-state index in [2.05, 4.69) is 29.6 Å². The first kappa shape index (κ1) is 16.1. The highest BCUT2D eigenvalue weighted by Crippen LogP contribution is 2.25. The Morgan fingerprint density at radius 2 is 2.00 bits per heavy atom. The molecule has 8 heteroatoms. The quantitative estimate of drug-likeness (QED) is 0.831. The van der Waals surface area contributed by atoms with Crippen molar-refractivity contribution in [2.75, 3.05) is 6.54 Å². The first-order valence-electron chi connectivity index (χ1n) is 7.42. The molecule has 1 aromatic heterocycles. The molecule has 0 saturated carbocycles. The van der Waals surface area contributed by atoms with Gasteiger partial charge in [-0.25, -0.2) is 14.8 Å². The second-order valence-corrected chi connectivity index (χ2v) is 6.55. The molecule has 3 rings (SSSR count). The summed E-state index contributed by atoms with van der Waals surface area (Å²) in [4.78, 5) is 39.0. The number of carbonyl (C=O) groups excluding carboxylic acids is 3. The Labute approximate surface area is 142 Å². The number of nitrogens with zero attached hydrogens (tertiary/aromatic N) is 2. The van der Waals surface area contributed by atoms with Gasteiger partial charge in [-0.15, -0.1) is 11.3 Å². The third-order valence-corrected chi connectivity index (χ3v) is 4.48. The summed E-state index contributed by atoms with van der Waals surface area (Å²) in [5.41, 5.74) is 4.74. The predicted octanol–water partition coefficient (Wildman–Crippen LogP) is 2.13. The van der Waals surface area contributed by atoms with Crippen LogP contribution in [0.15, 0.2) is 29.6 Å². The van der Waals surface area contributed by atoms with Crippen LogP contribution in [0.1, 0.15) is 35.8 Å². The number of hydrogen-bond donors (Lipinski definition) is 2. The predicted molar refractivity (Wildman–Crippen MR) is 89.3 cm³/mol. The lowest BCUT2D eigenvalue weighted by molar-refractivity contribution is -0.118. The van der Waals surface area contributed by atoms with Crippen molar-refractivity contribution in [2.24, 2.45) is 0 Å². The van der Waals surface area contributed by atoms with Gasteiger partial charge >= 0.3 is 6.03 Å². The van der Waals surface area contributed by atoms with Crippen LogP contribution >= 0.6 is 11.3 Å². The number of imide groups is 1. The van der Waals surface area contributed by atoms with E-state index in [-0.39, 0.29) is 12.2 Å². The molecule has 0 bridgehead atoms. The van der Waals surface area contributed by atoms with Gasteiger partial charge in [0, 0.05) is 10.9 Å². The molecule has 0 atom stereocenters. The van der Waals surface area contributed by atoms with E-state index in [0.29, 0.717) is 5.92 Å². The van der Waals surface area contributed by atoms with Crippen LogP contribution in [0.5, 0.6) is 0 Å². The number of thiazole rings is 1. The van der Waals surface area contributed by atoms with Gasteiger partial charge in [-0.3, -0.25) is 20.3 Å². The Bertz CT molecular complexity index is 798. The van der Waals surface area contributed by atoms with Crippen molar-refractivity contribution in [2.45, 2.75) is 19.8 Å². The molecule has 2 heterocycles. The summed E-state index contributed by atoms with van der Waals surface area (Å²) >= 11 is 1.35. The zero-order valence-electron chi connectivity index (χ0n) is 13.2. The minimum Gasteiger partial charge on any atom is -0.275 e. The molecular weight excluding hydrogens is 328 g/mol. The molecule has 2 N–H and O–H groups in total. The van der Waals surface area contributed by atoms with E-state index in [1.807, 2.05) is 24.3 Å². The molecule has 0 unspecified atom stereocenters. The van der Waals surface area contributed by atoms with Gasteiger partial charge in [0.25, 0.3) is 5.91 Å². The van der Waals surface area contributed by atoms with Crippen LogP contribution in [0.2, 0.25) is 0 Å². The zero-order valence-corrected chi connectivity index (χ0v) is 14.0. The minimum atomic E-state index is -0.645. The Balaban J connectivity index is 1.72. The van der Waals surface area contributed by atoms with Crippen LogP contribution in [0, 0.1) is 0 Å². The Hall–Kier alpha value is -2.74. The van der Waals surface area contributed by atoms with Gasteiger partial charge in [0.05, 0.1) is 0 Å². The van der Waals surface area contributed by atoms with Crippen LogP contribution < -0.4 is 10.7 Å². The maximum Gasteiger partial charge on any atom is 0.343 e. The molecule has 1 aromatic carbocycles. The summed E-state index contributed by atoms with van der Waals surface area (Å²) < 4.78 is 0. The van der Waals surface area contributed by atoms with Gasteiger partial charge in [0.1, 0.15) is 17.2 Å². The van der Waals surface area contributed by atoms with Crippen molar-refractivity contribution in [3.8, 4) is 10.6 Å². The van der Waals surface area contributed by atoms with Crippen molar-refractivity contribution in [3.05, 3.63) is 40.9 Å². The summed E-state index contributed by atoms with van der Waals surface area (Å²) in [6, 6.07) is 7.39. The van der Waals surface area contributed by atoms with Crippen molar-refractivity contribution in [3.63, 3.8) is 0 Å². The fourth-order valence-corrected chi connectivity index (χ4v) is 3.04. The zero-order chi connectivity index (χ0) is 17.3. The Morgan fingerprint density at radius 3 is 2.58 bits per heavy atom. The van der Waals surface area contributed by atoms with E-state index >= 15 is 0 Å². The second-order valence-electron chi connectivity index (χ2n) is 5.70. The molecule has 0 aliphatic carbocycles. The number of urea groups is 1. The smallest absolute Gasteiger partial charge is 0.275 e. The third-order valence-electron chi connectivity index (χ3n) is 3.59. The molecule has 7 nitrogen and oxygen atoms in total. The number of nitrogens with one attached hydrogen (secondary N) is 2. The summed E-state index contributed by atoms with van der Waals surface area (Å²) in [6.07, 6.45) is 0. The first-order valence-corrected chi connectivity index (χ1v) is 8.30. The number of rotatable bonds is 4. The molecule has 1 aliphatic rings. The number of benzene rings is 1. The summed E-state index contributed by atoms with van der Waals surface area (Å²) in [5.74, 6) is -0.531. The van der Waals surface area contributed by atoms with Gasteiger partial charge in [-0.05, 0) is 11.5 Å². The molecule has 124 valence electrons. The lowest BCUT2D eigenvalue weighted by Crippen LogP contribution is -2.44. The maximum atomic E-state index is 12.1. The molecular formula is C16H16N4O3S. The van der Waals surface area contributed by atoms with E-state index in [1.165, 1.54) is 16.9 Å². The highest BCUT2D eigenvalue weighted by atomic mass is 32.1. The SMILES string of the molecule is CC(C)c1ccc(-c2nc(C(=O)NN3CC(=O)NC3=O)cs2)cc1. The highest BCUT2D eigenvalue weighted by molar-refractivity contribution is 7.13. The average Bonchev–Trinajstić information content (AvgIpc) is 3.15. The standard InChI is InChI=1S/C16H16N4O3S/c1-9(2)10-3-5-11(6-4-10)15-17-12(8-24-15)14(22)19-20-7-13(21)18-16(20)23/h3-6,8-9H,7H2,1-2H3,(H,19,22)(H,18,21,23). The van der Waals surface area contributed by atoms with E-state index in [1.54, 1.807) is 5.38 Å². The van der Waals surface area contributed by atoms with Crippen molar-refractivity contribution >= 4 is 29.2 Å².